The van der Waals surface area contributed by atoms with Crippen LogP contribution in [0.5, 0.6) is 5.75 Å². The number of nitrogens with one attached hydrogen (secondary N) is 1. The number of sulfonamides is 1. The number of morpholine rings is 1. The van der Waals surface area contributed by atoms with Crippen molar-refractivity contribution in [3.8, 4) is 5.75 Å². The van der Waals surface area contributed by atoms with Crippen LogP contribution in [-0.4, -0.2) is 59.2 Å². The second kappa shape index (κ2) is 6.74. The molecular formula is C14H22N2O4S. The Morgan fingerprint density at radius 3 is 2.90 bits per heavy atom. The molecule has 1 unspecified atom stereocenters. The van der Waals surface area contributed by atoms with Gasteiger partial charge in [-0.1, -0.05) is 6.07 Å². The highest BCUT2D eigenvalue weighted by molar-refractivity contribution is 7.89. The monoisotopic (exact) mass is 314 g/mol. The highest BCUT2D eigenvalue weighted by Crippen LogP contribution is 2.28. The molecule has 1 saturated heterocycles. The molecule has 1 fully saturated rings. The Kier molecular flexibility index (Phi) is 5.21. The van der Waals surface area contributed by atoms with Crippen molar-refractivity contribution in [1.82, 2.24) is 9.62 Å². The Morgan fingerprint density at radius 1 is 1.48 bits per heavy atom. The predicted molar refractivity (Wildman–Crippen MR) is 80.2 cm³/mol. The summed E-state index contributed by atoms with van der Waals surface area (Å²) in [4.78, 5) is 0.218. The first-order chi connectivity index (χ1) is 9.98. The van der Waals surface area contributed by atoms with Crippen molar-refractivity contribution in [2.45, 2.75) is 17.9 Å². The summed E-state index contributed by atoms with van der Waals surface area (Å²) in [6.45, 7) is 3.60. The van der Waals surface area contributed by atoms with E-state index in [2.05, 4.69) is 5.32 Å². The van der Waals surface area contributed by atoms with Crippen LogP contribution < -0.4 is 10.1 Å². The van der Waals surface area contributed by atoms with Gasteiger partial charge in [-0.2, -0.15) is 4.31 Å². The van der Waals surface area contributed by atoms with Gasteiger partial charge in [-0.3, -0.25) is 0 Å². The van der Waals surface area contributed by atoms with Crippen molar-refractivity contribution in [2.24, 2.45) is 0 Å². The van der Waals surface area contributed by atoms with E-state index in [1.54, 1.807) is 12.1 Å². The fourth-order valence-corrected chi connectivity index (χ4v) is 4.08. The van der Waals surface area contributed by atoms with Gasteiger partial charge in [-0.05, 0) is 31.7 Å². The van der Waals surface area contributed by atoms with Gasteiger partial charge in [-0.15, -0.1) is 0 Å². The van der Waals surface area contributed by atoms with Gasteiger partial charge in [0.05, 0.1) is 19.8 Å². The first-order valence-corrected chi connectivity index (χ1v) is 8.34. The molecule has 0 bridgehead atoms. The zero-order chi connectivity index (χ0) is 15.5. The Morgan fingerprint density at radius 2 is 2.24 bits per heavy atom. The molecule has 0 spiro atoms. The van der Waals surface area contributed by atoms with E-state index in [0.717, 1.165) is 5.56 Å². The van der Waals surface area contributed by atoms with Crippen LogP contribution in [0.3, 0.4) is 0 Å². The molecule has 1 aliphatic rings. The molecular weight excluding hydrogens is 292 g/mol. The maximum absolute atomic E-state index is 12.8. The molecule has 0 aromatic heterocycles. The number of benzene rings is 1. The molecule has 1 aromatic rings. The van der Waals surface area contributed by atoms with Crippen LogP contribution >= 0.6 is 0 Å². The third kappa shape index (κ3) is 3.55. The molecule has 0 amide bonds. The molecule has 1 aliphatic heterocycles. The molecule has 6 nitrogen and oxygen atoms in total. The van der Waals surface area contributed by atoms with E-state index in [1.807, 2.05) is 20.0 Å². The lowest BCUT2D eigenvalue weighted by Gasteiger charge is -2.32. The number of rotatable bonds is 5. The number of methoxy groups -OCH3 is 1. The van der Waals surface area contributed by atoms with E-state index in [1.165, 1.54) is 11.4 Å². The molecule has 2 rings (SSSR count). The summed E-state index contributed by atoms with van der Waals surface area (Å²) >= 11 is 0. The van der Waals surface area contributed by atoms with Crippen LogP contribution in [0.1, 0.15) is 5.56 Å². The number of hydrogen-bond acceptors (Lipinski definition) is 5. The van der Waals surface area contributed by atoms with Gasteiger partial charge in [0.15, 0.2) is 0 Å². The van der Waals surface area contributed by atoms with Crippen molar-refractivity contribution in [2.75, 3.05) is 40.4 Å². The Labute approximate surface area is 126 Å². The number of hydrogen-bond donors (Lipinski definition) is 1. The standard InChI is InChI=1S/C14H22N2O4S/c1-11-4-5-13(19-3)14(8-11)21(17,18)16-6-7-20-12(10-16)9-15-2/h4-5,8,12,15H,6-7,9-10H2,1-3H3. The van der Waals surface area contributed by atoms with Crippen LogP contribution in [0, 0.1) is 6.92 Å². The van der Waals surface area contributed by atoms with Crippen molar-refractivity contribution in [3.63, 3.8) is 0 Å². The number of nitrogens with zero attached hydrogens (tertiary/aromatic N) is 1. The van der Waals surface area contributed by atoms with E-state index in [0.29, 0.717) is 32.0 Å². The van der Waals surface area contributed by atoms with Crippen LogP contribution in [0.15, 0.2) is 23.1 Å². The van der Waals surface area contributed by atoms with Crippen molar-refractivity contribution in [3.05, 3.63) is 23.8 Å². The van der Waals surface area contributed by atoms with Crippen molar-refractivity contribution < 1.29 is 17.9 Å². The molecule has 0 aliphatic carbocycles. The molecule has 1 atom stereocenters. The second-order valence-electron chi connectivity index (χ2n) is 5.07. The van der Waals surface area contributed by atoms with Gasteiger partial charge >= 0.3 is 0 Å². The highest BCUT2D eigenvalue weighted by atomic mass is 32.2. The zero-order valence-electron chi connectivity index (χ0n) is 12.6. The van der Waals surface area contributed by atoms with Gasteiger partial charge < -0.3 is 14.8 Å². The highest BCUT2D eigenvalue weighted by Gasteiger charge is 2.32. The van der Waals surface area contributed by atoms with Crippen LogP contribution in [-0.2, 0) is 14.8 Å². The molecule has 1 heterocycles. The largest absolute Gasteiger partial charge is 0.495 e. The third-order valence-corrected chi connectivity index (χ3v) is 5.36. The summed E-state index contributed by atoms with van der Waals surface area (Å²) in [6, 6.07) is 5.17. The minimum atomic E-state index is -3.58. The molecule has 118 valence electrons. The third-order valence-electron chi connectivity index (χ3n) is 3.47. The van der Waals surface area contributed by atoms with Crippen LogP contribution in [0.25, 0.3) is 0 Å². The lowest BCUT2D eigenvalue weighted by molar-refractivity contribution is 0.000787. The second-order valence-corrected chi connectivity index (χ2v) is 6.97. The number of aryl methyl sites for hydroxylation is 1. The Hall–Kier alpha value is -1.15. The summed E-state index contributed by atoms with van der Waals surface area (Å²) in [5.41, 5.74) is 0.884. The minimum absolute atomic E-state index is 0.130. The number of likely N-dealkylation sites (N-methyl/N-ethyl adjacent to an activating group) is 1. The Bertz CT molecular complexity index is 587. The summed E-state index contributed by atoms with van der Waals surface area (Å²) in [6.07, 6.45) is -0.130. The van der Waals surface area contributed by atoms with E-state index in [-0.39, 0.29) is 11.0 Å². The van der Waals surface area contributed by atoms with E-state index < -0.39 is 10.0 Å². The summed E-state index contributed by atoms with van der Waals surface area (Å²) in [7, 11) is -0.279. The minimum Gasteiger partial charge on any atom is -0.495 e. The molecule has 0 radical (unpaired) electrons. The van der Waals surface area contributed by atoms with Gasteiger partial charge in [0.2, 0.25) is 10.0 Å². The maximum atomic E-state index is 12.8. The smallest absolute Gasteiger partial charge is 0.246 e. The fourth-order valence-electron chi connectivity index (χ4n) is 2.39. The van der Waals surface area contributed by atoms with Gasteiger partial charge in [-0.25, -0.2) is 8.42 Å². The summed E-state index contributed by atoms with van der Waals surface area (Å²) < 4.78 is 37.9. The molecule has 7 heteroatoms. The van der Waals surface area contributed by atoms with Gasteiger partial charge in [0, 0.05) is 19.6 Å². The molecule has 0 saturated carbocycles. The summed E-state index contributed by atoms with van der Waals surface area (Å²) in [5, 5.41) is 3.01. The average molecular weight is 314 g/mol. The molecule has 1 aromatic carbocycles. The normalized spacial score (nSPS) is 20.4. The topological polar surface area (TPSA) is 67.9 Å². The van der Waals surface area contributed by atoms with E-state index in [4.69, 9.17) is 9.47 Å². The Balaban J connectivity index is 2.31. The zero-order valence-corrected chi connectivity index (χ0v) is 13.4. The van der Waals surface area contributed by atoms with E-state index >= 15 is 0 Å². The van der Waals surface area contributed by atoms with Gasteiger partial charge in [0.1, 0.15) is 10.6 Å². The fraction of sp³-hybridized carbons (Fsp3) is 0.571. The average Bonchev–Trinajstić information content (AvgIpc) is 2.48. The molecule has 1 N–H and O–H groups in total. The van der Waals surface area contributed by atoms with Crippen molar-refractivity contribution in [1.29, 1.82) is 0 Å². The van der Waals surface area contributed by atoms with Crippen molar-refractivity contribution >= 4 is 10.0 Å². The first kappa shape index (κ1) is 16.2. The lowest BCUT2D eigenvalue weighted by atomic mass is 10.2. The van der Waals surface area contributed by atoms with Crippen LogP contribution in [0.4, 0.5) is 0 Å². The van der Waals surface area contributed by atoms with Gasteiger partial charge in [0.25, 0.3) is 0 Å². The quantitative estimate of drug-likeness (QED) is 0.862. The van der Waals surface area contributed by atoms with Crippen LogP contribution in [0.2, 0.25) is 0 Å². The SMILES string of the molecule is CNCC1CN(S(=O)(=O)c2cc(C)ccc2OC)CCO1. The maximum Gasteiger partial charge on any atom is 0.246 e. The predicted octanol–water partition coefficient (Wildman–Crippen LogP) is 0.613. The first-order valence-electron chi connectivity index (χ1n) is 6.90. The molecule has 21 heavy (non-hydrogen) atoms. The lowest BCUT2D eigenvalue weighted by Crippen LogP contribution is -2.48. The van der Waals surface area contributed by atoms with E-state index in [9.17, 15) is 8.42 Å². The number of ether oxygens (including phenoxy) is 2. The summed E-state index contributed by atoms with van der Waals surface area (Å²) in [5.74, 6) is 0.372.